The van der Waals surface area contributed by atoms with Crippen molar-refractivity contribution in [1.82, 2.24) is 4.90 Å². The van der Waals surface area contributed by atoms with E-state index < -0.39 is 0 Å². The zero-order valence-electron chi connectivity index (χ0n) is 12.5. The Kier molecular flexibility index (Phi) is 4.77. The van der Waals surface area contributed by atoms with Crippen molar-refractivity contribution in [2.24, 2.45) is 5.92 Å². The average Bonchev–Trinajstić information content (AvgIpc) is 2.74. The molecule has 1 heterocycles. The zero-order chi connectivity index (χ0) is 15.4. The van der Waals surface area contributed by atoms with Crippen LogP contribution in [-0.2, 0) is 11.3 Å². The van der Waals surface area contributed by atoms with Crippen LogP contribution in [0.3, 0.4) is 0 Å². The third-order valence-corrected chi connectivity index (χ3v) is 3.60. The van der Waals surface area contributed by atoms with E-state index >= 15 is 0 Å². The second kappa shape index (κ2) is 6.56. The normalized spacial score (nSPS) is 18.1. The van der Waals surface area contributed by atoms with Gasteiger partial charge in [0, 0.05) is 32.1 Å². The van der Waals surface area contributed by atoms with Crippen LogP contribution in [0.25, 0.3) is 0 Å². The van der Waals surface area contributed by atoms with Crippen molar-refractivity contribution in [1.29, 1.82) is 0 Å². The number of rotatable bonds is 6. The van der Waals surface area contributed by atoms with E-state index in [0.29, 0.717) is 31.1 Å². The molecule has 1 unspecified atom stereocenters. The predicted octanol–water partition coefficient (Wildman–Crippen LogP) is 2.79. The molecule has 1 fully saturated rings. The van der Waals surface area contributed by atoms with Crippen LogP contribution in [0.15, 0.2) is 18.2 Å². The molecule has 21 heavy (non-hydrogen) atoms. The predicted molar refractivity (Wildman–Crippen MR) is 81.1 cm³/mol. The minimum Gasteiger partial charge on any atom is -0.379 e. The topological polar surface area (TPSA) is 75.5 Å². The van der Waals surface area contributed by atoms with E-state index in [9.17, 15) is 14.9 Å². The Bertz CT molecular complexity index is 545. The van der Waals surface area contributed by atoms with Crippen molar-refractivity contribution in [3.63, 3.8) is 0 Å². The number of hydrogen-bond donors (Lipinski definition) is 1. The first-order chi connectivity index (χ1) is 10.0. The first-order valence-electron chi connectivity index (χ1n) is 7.30. The molecule has 1 aliphatic heterocycles. The van der Waals surface area contributed by atoms with E-state index in [-0.39, 0.29) is 16.5 Å². The molecule has 1 atom stereocenters. The highest BCUT2D eigenvalue weighted by Crippen LogP contribution is 2.27. The lowest BCUT2D eigenvalue weighted by molar-refractivity contribution is -0.384. The summed E-state index contributed by atoms with van der Waals surface area (Å²) in [6.45, 7) is 6.02. The van der Waals surface area contributed by atoms with Gasteiger partial charge in [0.1, 0.15) is 5.69 Å². The van der Waals surface area contributed by atoms with Crippen LogP contribution in [0.5, 0.6) is 0 Å². The van der Waals surface area contributed by atoms with Crippen molar-refractivity contribution in [3.8, 4) is 0 Å². The molecule has 1 amide bonds. The number of carbonyl (C=O) groups is 1. The summed E-state index contributed by atoms with van der Waals surface area (Å²) in [5.74, 6) is 0.539. The second-order valence-corrected chi connectivity index (χ2v) is 5.62. The van der Waals surface area contributed by atoms with Gasteiger partial charge >= 0.3 is 0 Å². The molecule has 1 aliphatic rings. The Balaban J connectivity index is 2.17. The highest BCUT2D eigenvalue weighted by Gasteiger charge is 2.26. The van der Waals surface area contributed by atoms with Gasteiger partial charge in [-0.25, -0.2) is 0 Å². The lowest BCUT2D eigenvalue weighted by Gasteiger charge is -2.17. The number of hydrogen-bond acceptors (Lipinski definition) is 4. The molecule has 1 aromatic carbocycles. The highest BCUT2D eigenvalue weighted by atomic mass is 16.6. The molecule has 0 bridgehead atoms. The summed E-state index contributed by atoms with van der Waals surface area (Å²) in [5, 5.41) is 14.1. The number of nitrogens with one attached hydrogen (secondary N) is 1. The molecule has 0 aromatic heterocycles. The minimum atomic E-state index is -0.384. The number of nitro benzene ring substituents is 1. The van der Waals surface area contributed by atoms with Crippen LogP contribution in [0.2, 0.25) is 0 Å². The van der Waals surface area contributed by atoms with Crippen LogP contribution >= 0.6 is 0 Å². The minimum absolute atomic E-state index is 0.0771. The molecule has 6 heteroatoms. The monoisotopic (exact) mass is 291 g/mol. The van der Waals surface area contributed by atoms with Gasteiger partial charge in [0.15, 0.2) is 0 Å². The van der Waals surface area contributed by atoms with Gasteiger partial charge in [-0.2, -0.15) is 0 Å². The number of nitrogens with zero attached hydrogens (tertiary/aromatic N) is 2. The molecule has 2 rings (SSSR count). The number of nitro groups is 1. The number of anilines is 1. The lowest BCUT2D eigenvalue weighted by Crippen LogP contribution is -2.24. The van der Waals surface area contributed by atoms with Gasteiger partial charge in [0.2, 0.25) is 5.91 Å². The van der Waals surface area contributed by atoms with Gasteiger partial charge in [-0.05, 0) is 24.0 Å². The number of carbonyl (C=O) groups excluding carboxylic acids is 1. The number of benzene rings is 1. The second-order valence-electron chi connectivity index (χ2n) is 5.62. The summed E-state index contributed by atoms with van der Waals surface area (Å²) < 4.78 is 0. The molecule has 0 saturated carbocycles. The van der Waals surface area contributed by atoms with Gasteiger partial charge in [-0.3, -0.25) is 14.9 Å². The van der Waals surface area contributed by atoms with Crippen LogP contribution in [0.1, 0.15) is 32.3 Å². The Labute approximate surface area is 124 Å². The van der Waals surface area contributed by atoms with Gasteiger partial charge in [-0.1, -0.05) is 19.9 Å². The Morgan fingerprint density at radius 3 is 2.81 bits per heavy atom. The summed E-state index contributed by atoms with van der Waals surface area (Å²) in [4.78, 5) is 24.3. The molecule has 0 spiro atoms. The van der Waals surface area contributed by atoms with E-state index in [1.165, 1.54) is 6.07 Å². The van der Waals surface area contributed by atoms with Crippen molar-refractivity contribution in [3.05, 3.63) is 33.9 Å². The fraction of sp³-hybridized carbons (Fsp3) is 0.533. The fourth-order valence-corrected chi connectivity index (χ4v) is 2.58. The largest absolute Gasteiger partial charge is 0.379 e. The maximum absolute atomic E-state index is 11.8. The average molecular weight is 291 g/mol. The molecule has 114 valence electrons. The number of amides is 1. The molecular weight excluding hydrogens is 270 g/mol. The van der Waals surface area contributed by atoms with E-state index in [4.69, 9.17) is 0 Å². The molecule has 0 radical (unpaired) electrons. The third-order valence-electron chi connectivity index (χ3n) is 3.60. The standard InChI is InChI=1S/C15H21N3O3/c1-3-6-16-13-8-12(4-5-14(13)18(20)21)10-17-9-11(2)7-15(17)19/h4-5,8,11,16H,3,6-7,9-10H2,1-2H3. The van der Waals surface area contributed by atoms with Crippen molar-refractivity contribution in [2.75, 3.05) is 18.4 Å². The summed E-state index contributed by atoms with van der Waals surface area (Å²) in [7, 11) is 0. The highest BCUT2D eigenvalue weighted by molar-refractivity contribution is 5.78. The summed E-state index contributed by atoms with van der Waals surface area (Å²) >= 11 is 0. The molecule has 6 nitrogen and oxygen atoms in total. The zero-order valence-corrected chi connectivity index (χ0v) is 12.5. The first-order valence-corrected chi connectivity index (χ1v) is 7.30. The van der Waals surface area contributed by atoms with Crippen LogP contribution in [0, 0.1) is 16.0 Å². The van der Waals surface area contributed by atoms with Gasteiger partial charge in [0.25, 0.3) is 5.69 Å². The SMILES string of the molecule is CCCNc1cc(CN2CC(C)CC2=O)ccc1[N+](=O)[O-]. The molecule has 0 aliphatic carbocycles. The van der Waals surface area contributed by atoms with E-state index in [2.05, 4.69) is 12.2 Å². The molecule has 1 saturated heterocycles. The molecular formula is C15H21N3O3. The Morgan fingerprint density at radius 1 is 1.48 bits per heavy atom. The van der Waals surface area contributed by atoms with Gasteiger partial charge in [-0.15, -0.1) is 0 Å². The van der Waals surface area contributed by atoms with Crippen LogP contribution in [-0.4, -0.2) is 28.8 Å². The summed E-state index contributed by atoms with van der Waals surface area (Å²) in [6.07, 6.45) is 1.48. The Hall–Kier alpha value is -2.11. The number of likely N-dealkylation sites (tertiary alicyclic amines) is 1. The Morgan fingerprint density at radius 2 is 2.24 bits per heavy atom. The van der Waals surface area contributed by atoms with Crippen LogP contribution < -0.4 is 5.32 Å². The smallest absolute Gasteiger partial charge is 0.292 e. The maximum Gasteiger partial charge on any atom is 0.292 e. The van der Waals surface area contributed by atoms with E-state index in [1.54, 1.807) is 12.1 Å². The molecule has 1 aromatic rings. The van der Waals surface area contributed by atoms with Crippen molar-refractivity contribution >= 4 is 17.3 Å². The van der Waals surface area contributed by atoms with Gasteiger partial charge < -0.3 is 10.2 Å². The maximum atomic E-state index is 11.8. The quantitative estimate of drug-likeness (QED) is 0.646. The van der Waals surface area contributed by atoms with Crippen molar-refractivity contribution in [2.45, 2.75) is 33.2 Å². The van der Waals surface area contributed by atoms with Crippen LogP contribution in [0.4, 0.5) is 11.4 Å². The first kappa shape index (κ1) is 15.3. The van der Waals surface area contributed by atoms with E-state index in [0.717, 1.165) is 18.5 Å². The lowest BCUT2D eigenvalue weighted by atomic mass is 10.1. The van der Waals surface area contributed by atoms with Crippen molar-refractivity contribution < 1.29 is 9.72 Å². The fourth-order valence-electron chi connectivity index (χ4n) is 2.58. The van der Waals surface area contributed by atoms with Gasteiger partial charge in [0.05, 0.1) is 4.92 Å². The van der Waals surface area contributed by atoms with E-state index in [1.807, 2.05) is 11.8 Å². The summed E-state index contributed by atoms with van der Waals surface area (Å²) in [5.41, 5.74) is 1.52. The molecule has 1 N–H and O–H groups in total. The third kappa shape index (κ3) is 3.71. The summed E-state index contributed by atoms with van der Waals surface area (Å²) in [6, 6.07) is 5.02.